The molecule has 82 valence electrons. The zero-order valence-corrected chi connectivity index (χ0v) is 7.65. The first-order valence-electron chi connectivity index (χ1n) is 4.31. The molecule has 1 aliphatic heterocycles. The van der Waals surface area contributed by atoms with Crippen molar-refractivity contribution in [2.75, 3.05) is 13.2 Å². The number of piperidine rings is 1. The molecule has 0 aromatic carbocycles. The molecule has 0 aromatic rings. The van der Waals surface area contributed by atoms with E-state index in [0.717, 1.165) is 6.26 Å². The van der Waals surface area contributed by atoms with Gasteiger partial charge in [0.1, 0.15) is 18.5 Å². The lowest BCUT2D eigenvalue weighted by molar-refractivity contribution is -0.242. The van der Waals surface area contributed by atoms with Crippen molar-refractivity contribution in [3.8, 4) is 0 Å². The molecular formula is C8H15NO5. The van der Waals surface area contributed by atoms with Crippen molar-refractivity contribution in [3.63, 3.8) is 0 Å². The third kappa shape index (κ3) is 2.05. The van der Waals surface area contributed by atoms with Gasteiger partial charge in [-0.2, -0.15) is 0 Å². The largest absolute Gasteiger partial charge is 0.414 e. The number of β-amino-alcohol motifs (C(OH)–C–C–N with tert-alkyl or cyclic N) is 1. The molecule has 1 heterocycles. The van der Waals surface area contributed by atoms with Gasteiger partial charge in [0, 0.05) is 0 Å². The Kier molecular flexibility index (Phi) is 3.85. The molecule has 0 aromatic heterocycles. The molecule has 6 heteroatoms. The van der Waals surface area contributed by atoms with E-state index >= 15 is 0 Å². The predicted octanol–water partition coefficient (Wildman–Crippen LogP) is -2.18. The van der Waals surface area contributed by atoms with Crippen molar-refractivity contribution in [3.05, 3.63) is 12.8 Å². The van der Waals surface area contributed by atoms with E-state index in [-0.39, 0.29) is 13.2 Å². The van der Waals surface area contributed by atoms with Gasteiger partial charge in [0.05, 0.1) is 25.3 Å². The summed E-state index contributed by atoms with van der Waals surface area (Å²) in [5.41, 5.74) is 0. The van der Waals surface area contributed by atoms with Gasteiger partial charge in [-0.15, -0.1) is 5.06 Å². The smallest absolute Gasteiger partial charge is 0.109 e. The molecule has 1 rings (SSSR count). The van der Waals surface area contributed by atoms with Gasteiger partial charge in [-0.05, 0) is 0 Å². The summed E-state index contributed by atoms with van der Waals surface area (Å²) >= 11 is 0. The Labute approximate surface area is 81.6 Å². The zero-order chi connectivity index (χ0) is 10.7. The quantitative estimate of drug-likeness (QED) is 0.391. The topological polar surface area (TPSA) is 93.4 Å². The monoisotopic (exact) mass is 205 g/mol. The van der Waals surface area contributed by atoms with Crippen molar-refractivity contribution in [2.24, 2.45) is 0 Å². The molecule has 0 unspecified atom stereocenters. The molecule has 0 spiro atoms. The fourth-order valence-electron chi connectivity index (χ4n) is 1.47. The van der Waals surface area contributed by atoms with Crippen LogP contribution in [0.15, 0.2) is 12.8 Å². The summed E-state index contributed by atoms with van der Waals surface area (Å²) in [6.07, 6.45) is -2.49. The standard InChI is InChI=1S/C8H15NO5/c1-2-14-9-3-6(11)8(13)7(12)5(9)4-10/h2,5-8,10-13H,1,3-4H2/t5-,6+,7+,8-/m1/s1. The lowest BCUT2D eigenvalue weighted by atomic mass is 9.96. The molecule has 4 atom stereocenters. The van der Waals surface area contributed by atoms with Crippen LogP contribution in [0, 0.1) is 0 Å². The van der Waals surface area contributed by atoms with Crippen LogP contribution in [0.4, 0.5) is 0 Å². The van der Waals surface area contributed by atoms with Crippen molar-refractivity contribution in [1.82, 2.24) is 5.06 Å². The molecule has 1 fully saturated rings. The Morgan fingerprint density at radius 3 is 2.50 bits per heavy atom. The third-order valence-electron chi connectivity index (χ3n) is 2.27. The first-order chi connectivity index (χ1) is 6.61. The van der Waals surface area contributed by atoms with Gasteiger partial charge in [0.15, 0.2) is 0 Å². The highest BCUT2D eigenvalue weighted by molar-refractivity contribution is 4.91. The Hall–Kier alpha value is -0.660. The van der Waals surface area contributed by atoms with Crippen LogP contribution in [0.2, 0.25) is 0 Å². The fourth-order valence-corrected chi connectivity index (χ4v) is 1.47. The first-order valence-corrected chi connectivity index (χ1v) is 4.31. The van der Waals surface area contributed by atoms with Gasteiger partial charge in [0.25, 0.3) is 0 Å². The van der Waals surface area contributed by atoms with Crippen LogP contribution < -0.4 is 0 Å². The maximum atomic E-state index is 9.48. The second-order valence-corrected chi connectivity index (χ2v) is 3.17. The zero-order valence-electron chi connectivity index (χ0n) is 7.65. The molecule has 4 N–H and O–H groups in total. The van der Waals surface area contributed by atoms with E-state index < -0.39 is 24.4 Å². The van der Waals surface area contributed by atoms with E-state index in [0.29, 0.717) is 0 Å². The van der Waals surface area contributed by atoms with Crippen molar-refractivity contribution < 1.29 is 25.3 Å². The number of hydrogen-bond donors (Lipinski definition) is 4. The van der Waals surface area contributed by atoms with E-state index in [1.807, 2.05) is 0 Å². The van der Waals surface area contributed by atoms with Crippen LogP contribution >= 0.6 is 0 Å². The van der Waals surface area contributed by atoms with Gasteiger partial charge in [0.2, 0.25) is 0 Å². The number of hydrogen-bond acceptors (Lipinski definition) is 6. The molecule has 0 amide bonds. The molecule has 14 heavy (non-hydrogen) atoms. The van der Waals surface area contributed by atoms with E-state index in [4.69, 9.17) is 9.94 Å². The SMILES string of the molecule is C=CON1C[C@H](O)[C@@H](O)[C@@H](O)[C@H]1CO. The van der Waals surface area contributed by atoms with Crippen LogP contribution in [0.25, 0.3) is 0 Å². The van der Waals surface area contributed by atoms with Crippen molar-refractivity contribution >= 4 is 0 Å². The summed E-state index contributed by atoms with van der Waals surface area (Å²) in [6, 6.07) is -0.758. The minimum Gasteiger partial charge on any atom is -0.414 e. The Balaban J connectivity index is 2.70. The van der Waals surface area contributed by atoms with E-state index in [9.17, 15) is 15.3 Å². The second kappa shape index (κ2) is 4.72. The number of rotatable bonds is 3. The van der Waals surface area contributed by atoms with Crippen molar-refractivity contribution in [1.29, 1.82) is 0 Å². The van der Waals surface area contributed by atoms with E-state index in [2.05, 4.69) is 6.58 Å². The summed E-state index contributed by atoms with van der Waals surface area (Å²) in [5.74, 6) is 0. The van der Waals surface area contributed by atoms with Gasteiger partial charge >= 0.3 is 0 Å². The van der Waals surface area contributed by atoms with Gasteiger partial charge in [-0.3, -0.25) is 0 Å². The number of aliphatic hydroxyl groups is 4. The number of hydroxylamine groups is 2. The minimum absolute atomic E-state index is 0.00940. The molecular weight excluding hydrogens is 190 g/mol. The molecule has 6 nitrogen and oxygen atoms in total. The normalized spacial score (nSPS) is 39.4. The number of nitrogens with zero attached hydrogens (tertiary/aromatic N) is 1. The second-order valence-electron chi connectivity index (χ2n) is 3.17. The Bertz CT molecular complexity index is 200. The molecule has 1 aliphatic rings. The summed E-state index contributed by atoms with van der Waals surface area (Å²) in [5, 5.41) is 38.2. The molecule has 0 aliphatic carbocycles. The maximum absolute atomic E-state index is 9.48. The van der Waals surface area contributed by atoms with Crippen LogP contribution in [0.3, 0.4) is 0 Å². The number of aliphatic hydroxyl groups excluding tert-OH is 4. The Morgan fingerprint density at radius 2 is 2.00 bits per heavy atom. The van der Waals surface area contributed by atoms with E-state index in [1.54, 1.807) is 0 Å². The third-order valence-corrected chi connectivity index (χ3v) is 2.27. The predicted molar refractivity (Wildman–Crippen MR) is 46.9 cm³/mol. The summed E-state index contributed by atoms with van der Waals surface area (Å²) < 4.78 is 0. The van der Waals surface area contributed by atoms with Gasteiger partial charge < -0.3 is 25.3 Å². The van der Waals surface area contributed by atoms with Crippen LogP contribution in [0.1, 0.15) is 0 Å². The lowest BCUT2D eigenvalue weighted by Gasteiger charge is -2.41. The highest BCUT2D eigenvalue weighted by Crippen LogP contribution is 2.18. The van der Waals surface area contributed by atoms with Crippen LogP contribution in [0.5, 0.6) is 0 Å². The van der Waals surface area contributed by atoms with Crippen LogP contribution in [-0.4, -0.2) is 63.0 Å². The average molecular weight is 205 g/mol. The minimum atomic E-state index is -1.27. The van der Waals surface area contributed by atoms with E-state index in [1.165, 1.54) is 5.06 Å². The Morgan fingerprint density at radius 1 is 1.36 bits per heavy atom. The average Bonchev–Trinajstić information content (AvgIpc) is 2.16. The summed E-state index contributed by atoms with van der Waals surface area (Å²) in [6.45, 7) is 2.95. The van der Waals surface area contributed by atoms with Gasteiger partial charge in [-0.1, -0.05) is 6.58 Å². The summed E-state index contributed by atoms with van der Waals surface area (Å²) in [7, 11) is 0. The van der Waals surface area contributed by atoms with Gasteiger partial charge in [-0.25, -0.2) is 0 Å². The van der Waals surface area contributed by atoms with Crippen LogP contribution in [-0.2, 0) is 4.84 Å². The lowest BCUT2D eigenvalue weighted by Crippen LogP contribution is -2.61. The first kappa shape index (κ1) is 11.4. The van der Waals surface area contributed by atoms with Crippen molar-refractivity contribution in [2.45, 2.75) is 24.4 Å². The fraction of sp³-hybridized carbons (Fsp3) is 0.750. The summed E-state index contributed by atoms with van der Waals surface area (Å²) in [4.78, 5) is 4.88. The highest BCUT2D eigenvalue weighted by atomic mass is 16.7. The molecule has 0 radical (unpaired) electrons. The maximum Gasteiger partial charge on any atom is 0.109 e. The molecule has 0 saturated carbocycles. The molecule has 1 saturated heterocycles. The molecule has 0 bridgehead atoms. The highest BCUT2D eigenvalue weighted by Gasteiger charge is 2.42.